The molecule has 1 amide bonds. The molecular weight excluding hydrogens is 272 g/mol. The zero-order chi connectivity index (χ0) is 15.2. The fourth-order valence-corrected chi connectivity index (χ4v) is 2.00. The SMILES string of the molecule is CC(C)CNCc1cc2c(cc1OCCC(N)=O)OCO2. The molecule has 1 aromatic rings. The molecule has 0 saturated carbocycles. The smallest absolute Gasteiger partial charge is 0.231 e. The van der Waals surface area contributed by atoms with E-state index in [-0.39, 0.29) is 25.7 Å². The zero-order valence-electron chi connectivity index (χ0n) is 12.5. The Labute approximate surface area is 124 Å². The van der Waals surface area contributed by atoms with Crippen molar-refractivity contribution >= 4 is 5.91 Å². The zero-order valence-corrected chi connectivity index (χ0v) is 12.5. The molecule has 0 fully saturated rings. The van der Waals surface area contributed by atoms with E-state index in [0.29, 0.717) is 24.0 Å². The predicted molar refractivity (Wildman–Crippen MR) is 78.4 cm³/mol. The molecule has 21 heavy (non-hydrogen) atoms. The first-order chi connectivity index (χ1) is 10.1. The van der Waals surface area contributed by atoms with Crippen molar-refractivity contribution in [3.8, 4) is 17.2 Å². The standard InChI is InChI=1S/C15H22N2O4/c1-10(2)7-17-8-11-5-13-14(21-9-20-13)6-12(11)19-4-3-15(16)18/h5-6,10,17H,3-4,7-9H2,1-2H3,(H2,16,18). The lowest BCUT2D eigenvalue weighted by molar-refractivity contribution is -0.118. The van der Waals surface area contributed by atoms with E-state index in [1.807, 2.05) is 6.07 Å². The number of rotatable bonds is 8. The quantitative estimate of drug-likeness (QED) is 0.757. The van der Waals surface area contributed by atoms with Crippen LogP contribution in [0.3, 0.4) is 0 Å². The summed E-state index contributed by atoms with van der Waals surface area (Å²) in [6.45, 7) is 6.36. The van der Waals surface area contributed by atoms with Gasteiger partial charge in [-0.05, 0) is 18.5 Å². The monoisotopic (exact) mass is 294 g/mol. The Morgan fingerprint density at radius 2 is 2.10 bits per heavy atom. The van der Waals surface area contributed by atoms with Gasteiger partial charge < -0.3 is 25.3 Å². The number of hydrogen-bond acceptors (Lipinski definition) is 5. The van der Waals surface area contributed by atoms with E-state index in [1.54, 1.807) is 6.07 Å². The number of nitrogens with one attached hydrogen (secondary N) is 1. The fourth-order valence-electron chi connectivity index (χ4n) is 2.00. The number of nitrogens with two attached hydrogens (primary N) is 1. The summed E-state index contributed by atoms with van der Waals surface area (Å²) >= 11 is 0. The molecule has 1 aliphatic heterocycles. The van der Waals surface area contributed by atoms with Crippen LogP contribution < -0.4 is 25.3 Å². The third kappa shape index (κ3) is 4.53. The molecule has 0 spiro atoms. The summed E-state index contributed by atoms with van der Waals surface area (Å²) in [4.78, 5) is 10.8. The van der Waals surface area contributed by atoms with Gasteiger partial charge in [0, 0.05) is 18.2 Å². The van der Waals surface area contributed by atoms with Crippen LogP contribution in [-0.2, 0) is 11.3 Å². The molecule has 1 aromatic carbocycles. The van der Waals surface area contributed by atoms with Gasteiger partial charge in [0.2, 0.25) is 12.7 Å². The van der Waals surface area contributed by atoms with Crippen LogP contribution in [0.1, 0.15) is 25.8 Å². The highest BCUT2D eigenvalue weighted by atomic mass is 16.7. The average Bonchev–Trinajstić information content (AvgIpc) is 2.85. The first kappa shape index (κ1) is 15.4. The molecule has 116 valence electrons. The van der Waals surface area contributed by atoms with Crippen LogP contribution in [0, 0.1) is 5.92 Å². The Bertz CT molecular complexity index is 503. The Balaban J connectivity index is 2.05. The molecule has 1 heterocycles. The van der Waals surface area contributed by atoms with Crippen molar-refractivity contribution in [1.82, 2.24) is 5.32 Å². The molecule has 0 atom stereocenters. The van der Waals surface area contributed by atoms with Gasteiger partial charge in [-0.25, -0.2) is 0 Å². The van der Waals surface area contributed by atoms with Gasteiger partial charge in [-0.2, -0.15) is 0 Å². The van der Waals surface area contributed by atoms with Gasteiger partial charge in [0.25, 0.3) is 0 Å². The number of amides is 1. The minimum atomic E-state index is -0.379. The van der Waals surface area contributed by atoms with Crippen molar-refractivity contribution in [1.29, 1.82) is 0 Å². The van der Waals surface area contributed by atoms with E-state index in [9.17, 15) is 4.79 Å². The van der Waals surface area contributed by atoms with E-state index >= 15 is 0 Å². The second-order valence-electron chi connectivity index (χ2n) is 5.40. The lowest BCUT2D eigenvalue weighted by Gasteiger charge is -2.14. The van der Waals surface area contributed by atoms with Gasteiger partial charge in [0.1, 0.15) is 5.75 Å². The Morgan fingerprint density at radius 3 is 2.76 bits per heavy atom. The maximum absolute atomic E-state index is 10.8. The van der Waals surface area contributed by atoms with E-state index in [1.165, 1.54) is 0 Å². The maximum Gasteiger partial charge on any atom is 0.231 e. The van der Waals surface area contributed by atoms with Crippen molar-refractivity contribution in [3.05, 3.63) is 17.7 Å². The molecule has 0 radical (unpaired) electrons. The van der Waals surface area contributed by atoms with Crippen molar-refractivity contribution in [2.75, 3.05) is 19.9 Å². The number of hydrogen-bond donors (Lipinski definition) is 2. The van der Waals surface area contributed by atoms with Gasteiger partial charge in [-0.15, -0.1) is 0 Å². The summed E-state index contributed by atoms with van der Waals surface area (Å²) in [7, 11) is 0. The van der Waals surface area contributed by atoms with Gasteiger partial charge in [-0.1, -0.05) is 13.8 Å². The first-order valence-corrected chi connectivity index (χ1v) is 7.10. The Hall–Kier alpha value is -1.95. The van der Waals surface area contributed by atoms with Crippen LogP contribution in [-0.4, -0.2) is 25.9 Å². The lowest BCUT2D eigenvalue weighted by atomic mass is 10.1. The predicted octanol–water partition coefficient (Wildman–Crippen LogP) is 1.42. The number of benzene rings is 1. The minimum absolute atomic E-state index is 0.188. The molecule has 6 nitrogen and oxygen atoms in total. The van der Waals surface area contributed by atoms with Crippen LogP contribution in [0.2, 0.25) is 0 Å². The largest absolute Gasteiger partial charge is 0.493 e. The first-order valence-electron chi connectivity index (χ1n) is 7.10. The van der Waals surface area contributed by atoms with Crippen molar-refractivity contribution in [2.24, 2.45) is 11.7 Å². The summed E-state index contributed by atoms with van der Waals surface area (Å²) in [6.07, 6.45) is 0.188. The number of fused-ring (bicyclic) bond motifs is 1. The Morgan fingerprint density at radius 1 is 1.38 bits per heavy atom. The third-order valence-electron chi connectivity index (χ3n) is 3.03. The number of carbonyl (C=O) groups is 1. The molecule has 0 bridgehead atoms. The van der Waals surface area contributed by atoms with Crippen molar-refractivity contribution in [3.63, 3.8) is 0 Å². The van der Waals surface area contributed by atoms with Crippen LogP contribution in [0.25, 0.3) is 0 Å². The normalized spacial score (nSPS) is 12.7. The lowest BCUT2D eigenvalue weighted by Crippen LogP contribution is -2.20. The summed E-state index contributed by atoms with van der Waals surface area (Å²) in [5.41, 5.74) is 6.10. The van der Waals surface area contributed by atoms with Gasteiger partial charge >= 0.3 is 0 Å². The second kappa shape index (κ2) is 7.17. The highest BCUT2D eigenvalue weighted by Crippen LogP contribution is 2.38. The summed E-state index contributed by atoms with van der Waals surface area (Å²) in [5.74, 6) is 2.26. The number of ether oxygens (including phenoxy) is 3. The molecule has 0 unspecified atom stereocenters. The molecule has 2 rings (SSSR count). The second-order valence-corrected chi connectivity index (χ2v) is 5.40. The molecule has 3 N–H and O–H groups in total. The highest BCUT2D eigenvalue weighted by Gasteiger charge is 2.18. The maximum atomic E-state index is 10.8. The van der Waals surface area contributed by atoms with Crippen LogP contribution in [0.4, 0.5) is 0 Å². The molecule has 0 aromatic heterocycles. The Kier molecular flexibility index (Phi) is 5.27. The van der Waals surface area contributed by atoms with Gasteiger partial charge in [0.15, 0.2) is 11.5 Å². The summed E-state index contributed by atoms with van der Waals surface area (Å²) in [6, 6.07) is 3.71. The van der Waals surface area contributed by atoms with Crippen molar-refractivity contribution in [2.45, 2.75) is 26.8 Å². The van der Waals surface area contributed by atoms with Gasteiger partial charge in [0.05, 0.1) is 13.0 Å². The van der Waals surface area contributed by atoms with Gasteiger partial charge in [-0.3, -0.25) is 4.79 Å². The van der Waals surface area contributed by atoms with Crippen molar-refractivity contribution < 1.29 is 19.0 Å². The molecule has 0 aliphatic carbocycles. The highest BCUT2D eigenvalue weighted by molar-refractivity contribution is 5.73. The summed E-state index contributed by atoms with van der Waals surface area (Å²) < 4.78 is 16.4. The molecular formula is C15H22N2O4. The topological polar surface area (TPSA) is 82.8 Å². The number of primary amides is 1. The van der Waals surface area contributed by atoms with E-state index in [0.717, 1.165) is 17.9 Å². The van der Waals surface area contributed by atoms with E-state index in [4.69, 9.17) is 19.9 Å². The van der Waals surface area contributed by atoms with Crippen LogP contribution in [0.5, 0.6) is 17.2 Å². The average molecular weight is 294 g/mol. The molecule has 6 heteroatoms. The summed E-state index contributed by atoms with van der Waals surface area (Å²) in [5, 5.41) is 3.36. The molecule has 1 aliphatic rings. The number of carbonyl (C=O) groups excluding carboxylic acids is 1. The van der Waals surface area contributed by atoms with Crippen LogP contribution >= 0.6 is 0 Å². The molecule has 0 saturated heterocycles. The third-order valence-corrected chi connectivity index (χ3v) is 3.03. The fraction of sp³-hybridized carbons (Fsp3) is 0.533. The van der Waals surface area contributed by atoms with Crippen LogP contribution in [0.15, 0.2) is 12.1 Å². The minimum Gasteiger partial charge on any atom is -0.493 e. The van der Waals surface area contributed by atoms with E-state index < -0.39 is 0 Å². The van der Waals surface area contributed by atoms with E-state index in [2.05, 4.69) is 19.2 Å².